The topological polar surface area (TPSA) is 49.4 Å². The van der Waals surface area contributed by atoms with Crippen molar-refractivity contribution in [1.82, 2.24) is 10.2 Å². The van der Waals surface area contributed by atoms with E-state index in [1.165, 1.54) is 0 Å². The van der Waals surface area contributed by atoms with Gasteiger partial charge in [0.25, 0.3) is 0 Å². The zero-order valence-electron chi connectivity index (χ0n) is 17.5. The minimum Gasteiger partial charge on any atom is -0.354 e. The largest absolute Gasteiger partial charge is 0.354 e. The van der Waals surface area contributed by atoms with E-state index in [0.717, 1.165) is 22.0 Å². The minimum absolute atomic E-state index is 0.00750. The minimum atomic E-state index is -0.547. The summed E-state index contributed by atoms with van der Waals surface area (Å²) in [5.74, 6) is 0.260. The van der Waals surface area contributed by atoms with Gasteiger partial charge in [-0.25, -0.2) is 0 Å². The molecule has 1 atom stereocenters. The van der Waals surface area contributed by atoms with Gasteiger partial charge in [-0.2, -0.15) is 0 Å². The first-order valence-corrected chi connectivity index (χ1v) is 11.1. The van der Waals surface area contributed by atoms with Gasteiger partial charge in [0.05, 0.1) is 0 Å². The molecule has 0 aliphatic carbocycles. The zero-order chi connectivity index (χ0) is 21.2. The number of hydrogen-bond donors (Lipinski definition) is 1. The van der Waals surface area contributed by atoms with Crippen LogP contribution in [0.4, 0.5) is 0 Å². The standard InChI is InChI=1S/C24H31BrN2O2/c1-4-9-23(28)27(17-20-12-8-13-21(25)14-20)22(24(29)26-16-18(2)3)15-19-10-6-5-7-11-19/h5-8,10-14,18,22H,4,9,15-17H2,1-3H3,(H,26,29). The zero-order valence-corrected chi connectivity index (χ0v) is 19.1. The molecule has 0 aromatic heterocycles. The van der Waals surface area contributed by atoms with Crippen LogP contribution >= 0.6 is 15.9 Å². The summed E-state index contributed by atoms with van der Waals surface area (Å²) >= 11 is 3.50. The Morgan fingerprint density at radius 2 is 1.72 bits per heavy atom. The average Bonchev–Trinajstić information content (AvgIpc) is 2.69. The molecule has 0 fully saturated rings. The Bertz CT molecular complexity index is 792. The van der Waals surface area contributed by atoms with E-state index < -0.39 is 6.04 Å². The maximum absolute atomic E-state index is 13.1. The molecule has 2 rings (SSSR count). The van der Waals surface area contributed by atoms with Crippen molar-refractivity contribution in [2.45, 2.75) is 52.6 Å². The molecule has 0 spiro atoms. The number of hydrogen-bond acceptors (Lipinski definition) is 2. The molecule has 0 bridgehead atoms. The quantitative estimate of drug-likeness (QED) is 0.546. The van der Waals surface area contributed by atoms with Gasteiger partial charge in [0.2, 0.25) is 11.8 Å². The molecule has 4 nitrogen and oxygen atoms in total. The third-order valence-electron chi connectivity index (χ3n) is 4.66. The van der Waals surface area contributed by atoms with Crippen LogP contribution in [0.5, 0.6) is 0 Å². The van der Waals surface area contributed by atoms with Crippen LogP contribution in [0.2, 0.25) is 0 Å². The Morgan fingerprint density at radius 3 is 2.34 bits per heavy atom. The van der Waals surface area contributed by atoms with Crippen LogP contribution in [-0.2, 0) is 22.6 Å². The van der Waals surface area contributed by atoms with Crippen molar-refractivity contribution < 1.29 is 9.59 Å². The second-order valence-electron chi connectivity index (χ2n) is 7.75. The fourth-order valence-electron chi connectivity index (χ4n) is 3.17. The van der Waals surface area contributed by atoms with Gasteiger partial charge in [-0.3, -0.25) is 9.59 Å². The van der Waals surface area contributed by atoms with Crippen LogP contribution < -0.4 is 5.32 Å². The molecular formula is C24H31BrN2O2. The molecule has 1 N–H and O–H groups in total. The summed E-state index contributed by atoms with van der Waals surface area (Å²) < 4.78 is 0.960. The lowest BCUT2D eigenvalue weighted by atomic mass is 10.0. The van der Waals surface area contributed by atoms with E-state index >= 15 is 0 Å². The lowest BCUT2D eigenvalue weighted by Gasteiger charge is -2.32. The molecule has 0 radical (unpaired) electrons. The SMILES string of the molecule is CCCC(=O)N(Cc1cccc(Br)c1)C(Cc1ccccc1)C(=O)NCC(C)C. The Morgan fingerprint density at radius 1 is 1.03 bits per heavy atom. The normalized spacial score (nSPS) is 11.9. The van der Waals surface area contributed by atoms with Gasteiger partial charge in [-0.1, -0.05) is 79.2 Å². The molecule has 0 aliphatic rings. The summed E-state index contributed by atoms with van der Waals surface area (Å²) in [6.45, 7) is 7.11. The van der Waals surface area contributed by atoms with Crippen molar-refractivity contribution in [3.63, 3.8) is 0 Å². The Balaban J connectivity index is 2.34. The summed E-state index contributed by atoms with van der Waals surface area (Å²) in [6.07, 6.45) is 1.67. The average molecular weight is 459 g/mol. The van der Waals surface area contributed by atoms with Crippen molar-refractivity contribution >= 4 is 27.7 Å². The van der Waals surface area contributed by atoms with Gasteiger partial charge in [0.15, 0.2) is 0 Å². The molecule has 0 saturated heterocycles. The number of carbonyl (C=O) groups is 2. The van der Waals surface area contributed by atoms with Gasteiger partial charge in [-0.05, 0) is 35.6 Å². The van der Waals surface area contributed by atoms with Gasteiger partial charge in [-0.15, -0.1) is 0 Å². The first-order valence-electron chi connectivity index (χ1n) is 10.3. The molecule has 5 heteroatoms. The number of amides is 2. The van der Waals surface area contributed by atoms with E-state index in [-0.39, 0.29) is 11.8 Å². The number of rotatable bonds is 10. The maximum atomic E-state index is 13.1. The molecule has 2 aromatic carbocycles. The summed E-state index contributed by atoms with van der Waals surface area (Å²) in [7, 11) is 0. The third kappa shape index (κ3) is 7.65. The molecule has 0 heterocycles. The van der Waals surface area contributed by atoms with E-state index in [1.54, 1.807) is 4.90 Å². The first-order chi connectivity index (χ1) is 13.9. The van der Waals surface area contributed by atoms with Crippen LogP contribution in [0.25, 0.3) is 0 Å². The van der Waals surface area contributed by atoms with Gasteiger partial charge >= 0.3 is 0 Å². The van der Waals surface area contributed by atoms with E-state index in [4.69, 9.17) is 0 Å². The summed E-state index contributed by atoms with van der Waals surface area (Å²) in [5, 5.41) is 3.03. The van der Waals surface area contributed by atoms with Crippen molar-refractivity contribution in [3.05, 3.63) is 70.2 Å². The second kappa shape index (κ2) is 11.8. The van der Waals surface area contributed by atoms with Crippen LogP contribution in [0.3, 0.4) is 0 Å². The predicted octanol–water partition coefficient (Wildman–Crippen LogP) is 4.96. The predicted molar refractivity (Wildman–Crippen MR) is 121 cm³/mol. The highest BCUT2D eigenvalue weighted by atomic mass is 79.9. The maximum Gasteiger partial charge on any atom is 0.243 e. The fraction of sp³-hybridized carbons (Fsp3) is 0.417. The third-order valence-corrected chi connectivity index (χ3v) is 5.15. The van der Waals surface area contributed by atoms with Crippen LogP contribution in [0.1, 0.15) is 44.7 Å². The highest BCUT2D eigenvalue weighted by Gasteiger charge is 2.29. The van der Waals surface area contributed by atoms with Crippen molar-refractivity contribution in [3.8, 4) is 0 Å². The van der Waals surface area contributed by atoms with Gasteiger partial charge < -0.3 is 10.2 Å². The van der Waals surface area contributed by atoms with E-state index in [1.807, 2.05) is 61.5 Å². The van der Waals surface area contributed by atoms with Crippen LogP contribution in [0.15, 0.2) is 59.1 Å². The molecule has 1 unspecified atom stereocenters. The Labute approximate surface area is 182 Å². The molecule has 0 aliphatic heterocycles. The van der Waals surface area contributed by atoms with E-state index in [2.05, 4.69) is 35.1 Å². The van der Waals surface area contributed by atoms with E-state index in [9.17, 15) is 9.59 Å². The molecule has 156 valence electrons. The summed E-state index contributed by atoms with van der Waals surface area (Å²) in [4.78, 5) is 27.9. The van der Waals surface area contributed by atoms with E-state index in [0.29, 0.717) is 31.8 Å². The molecule has 29 heavy (non-hydrogen) atoms. The number of halogens is 1. The molecular weight excluding hydrogens is 428 g/mol. The Kier molecular flexibility index (Phi) is 9.39. The lowest BCUT2D eigenvalue weighted by Crippen LogP contribution is -2.51. The van der Waals surface area contributed by atoms with Crippen molar-refractivity contribution in [1.29, 1.82) is 0 Å². The fourth-order valence-corrected chi connectivity index (χ4v) is 3.61. The van der Waals surface area contributed by atoms with Crippen LogP contribution in [-0.4, -0.2) is 29.3 Å². The molecule has 2 aromatic rings. The highest BCUT2D eigenvalue weighted by molar-refractivity contribution is 9.10. The van der Waals surface area contributed by atoms with Crippen molar-refractivity contribution in [2.75, 3.05) is 6.54 Å². The molecule has 0 saturated carbocycles. The second-order valence-corrected chi connectivity index (χ2v) is 8.66. The Hall–Kier alpha value is -2.14. The summed E-state index contributed by atoms with van der Waals surface area (Å²) in [6, 6.07) is 17.2. The van der Waals surface area contributed by atoms with Crippen LogP contribution in [0, 0.1) is 5.92 Å². The number of carbonyl (C=O) groups excluding carboxylic acids is 2. The first kappa shape index (κ1) is 23.1. The number of benzene rings is 2. The number of nitrogens with zero attached hydrogens (tertiary/aromatic N) is 1. The monoisotopic (exact) mass is 458 g/mol. The summed E-state index contributed by atoms with van der Waals surface area (Å²) in [5.41, 5.74) is 2.04. The van der Waals surface area contributed by atoms with Crippen molar-refractivity contribution in [2.24, 2.45) is 5.92 Å². The van der Waals surface area contributed by atoms with Gasteiger partial charge in [0.1, 0.15) is 6.04 Å². The number of nitrogens with one attached hydrogen (secondary N) is 1. The lowest BCUT2D eigenvalue weighted by molar-refractivity contribution is -0.141. The highest BCUT2D eigenvalue weighted by Crippen LogP contribution is 2.18. The smallest absolute Gasteiger partial charge is 0.243 e. The molecule has 2 amide bonds. The van der Waals surface area contributed by atoms with Gasteiger partial charge in [0, 0.05) is 30.4 Å².